The minimum Gasteiger partial charge on any atom is -0.379 e. The summed E-state index contributed by atoms with van der Waals surface area (Å²) in [7, 11) is 0. The number of hydrogen-bond donors (Lipinski definition) is 1. The van der Waals surface area contributed by atoms with Crippen LogP contribution in [0, 0.1) is 5.82 Å². The Morgan fingerprint density at radius 2 is 2.12 bits per heavy atom. The minimum absolute atomic E-state index is 0.196. The third-order valence-corrected chi connectivity index (χ3v) is 2.38. The summed E-state index contributed by atoms with van der Waals surface area (Å²) in [6, 6.07) is 6.14. The van der Waals surface area contributed by atoms with Crippen LogP contribution in [0.1, 0.15) is 25.5 Å². The lowest BCUT2D eigenvalue weighted by Gasteiger charge is -2.22. The van der Waals surface area contributed by atoms with E-state index in [2.05, 4.69) is 0 Å². The van der Waals surface area contributed by atoms with E-state index in [1.807, 2.05) is 19.9 Å². The zero-order valence-corrected chi connectivity index (χ0v) is 10.4. The molecule has 0 saturated carbocycles. The Balaban J connectivity index is 2.59. The molecular weight excluding hydrogens is 221 g/mol. The molecule has 0 saturated heterocycles. The SMILES string of the molecule is CCOCCOC(c1cccc(F)c1)C(C)N. The zero-order chi connectivity index (χ0) is 12.7. The molecule has 4 heteroatoms. The van der Waals surface area contributed by atoms with Gasteiger partial charge in [0.1, 0.15) is 5.82 Å². The van der Waals surface area contributed by atoms with E-state index in [0.29, 0.717) is 19.8 Å². The van der Waals surface area contributed by atoms with E-state index in [0.717, 1.165) is 5.56 Å². The molecule has 1 rings (SSSR count). The highest BCUT2D eigenvalue weighted by Crippen LogP contribution is 2.20. The van der Waals surface area contributed by atoms with Crippen LogP contribution in [0.3, 0.4) is 0 Å². The number of rotatable bonds is 7. The van der Waals surface area contributed by atoms with Gasteiger partial charge >= 0.3 is 0 Å². The van der Waals surface area contributed by atoms with Gasteiger partial charge in [0.25, 0.3) is 0 Å². The average Bonchev–Trinajstić information content (AvgIpc) is 2.28. The predicted molar refractivity (Wildman–Crippen MR) is 65.2 cm³/mol. The summed E-state index contributed by atoms with van der Waals surface area (Å²) in [6.45, 7) is 5.41. The van der Waals surface area contributed by atoms with Crippen molar-refractivity contribution in [3.63, 3.8) is 0 Å². The minimum atomic E-state index is -0.300. The highest BCUT2D eigenvalue weighted by Gasteiger charge is 2.17. The lowest BCUT2D eigenvalue weighted by molar-refractivity contribution is -0.00253. The van der Waals surface area contributed by atoms with E-state index in [4.69, 9.17) is 15.2 Å². The van der Waals surface area contributed by atoms with Crippen LogP contribution in [0.15, 0.2) is 24.3 Å². The Hall–Kier alpha value is -0.970. The van der Waals surface area contributed by atoms with Crippen LogP contribution in [-0.4, -0.2) is 25.9 Å². The molecule has 0 spiro atoms. The fourth-order valence-corrected chi connectivity index (χ4v) is 1.61. The summed E-state index contributed by atoms with van der Waals surface area (Å²) < 4.78 is 23.9. The van der Waals surface area contributed by atoms with Gasteiger partial charge in [-0.15, -0.1) is 0 Å². The molecule has 0 aliphatic heterocycles. The van der Waals surface area contributed by atoms with Gasteiger partial charge in [-0.2, -0.15) is 0 Å². The third kappa shape index (κ3) is 4.81. The molecule has 2 N–H and O–H groups in total. The summed E-state index contributed by atoms with van der Waals surface area (Å²) in [5.74, 6) is -0.276. The van der Waals surface area contributed by atoms with E-state index >= 15 is 0 Å². The first-order valence-electron chi connectivity index (χ1n) is 5.85. The van der Waals surface area contributed by atoms with Crippen molar-refractivity contribution in [1.29, 1.82) is 0 Å². The maximum atomic E-state index is 13.1. The summed E-state index contributed by atoms with van der Waals surface area (Å²) in [5.41, 5.74) is 6.61. The van der Waals surface area contributed by atoms with Crippen molar-refractivity contribution in [1.82, 2.24) is 0 Å². The van der Waals surface area contributed by atoms with Gasteiger partial charge < -0.3 is 15.2 Å². The summed E-state index contributed by atoms with van der Waals surface area (Å²) in [5, 5.41) is 0. The topological polar surface area (TPSA) is 44.5 Å². The molecule has 0 radical (unpaired) electrons. The van der Waals surface area contributed by atoms with Crippen molar-refractivity contribution < 1.29 is 13.9 Å². The number of benzene rings is 1. The molecule has 2 unspecified atom stereocenters. The molecule has 0 amide bonds. The molecule has 3 nitrogen and oxygen atoms in total. The molecule has 1 aromatic carbocycles. The van der Waals surface area contributed by atoms with Crippen LogP contribution in [-0.2, 0) is 9.47 Å². The summed E-state index contributed by atoms with van der Waals surface area (Å²) in [6.07, 6.45) is -0.300. The highest BCUT2D eigenvalue weighted by molar-refractivity contribution is 5.20. The fraction of sp³-hybridized carbons (Fsp3) is 0.538. The largest absolute Gasteiger partial charge is 0.379 e. The third-order valence-electron chi connectivity index (χ3n) is 2.38. The van der Waals surface area contributed by atoms with Crippen LogP contribution in [0.2, 0.25) is 0 Å². The van der Waals surface area contributed by atoms with Gasteiger partial charge in [-0.3, -0.25) is 0 Å². The predicted octanol–water partition coefficient (Wildman–Crippen LogP) is 2.27. The van der Waals surface area contributed by atoms with Gasteiger partial charge in [0, 0.05) is 12.6 Å². The molecule has 0 bridgehead atoms. The van der Waals surface area contributed by atoms with Crippen LogP contribution >= 0.6 is 0 Å². The molecule has 96 valence electrons. The monoisotopic (exact) mass is 241 g/mol. The van der Waals surface area contributed by atoms with Crippen LogP contribution in [0.25, 0.3) is 0 Å². The molecule has 0 aliphatic carbocycles. The van der Waals surface area contributed by atoms with Crippen molar-refractivity contribution >= 4 is 0 Å². The molecular formula is C13H20FNO2. The van der Waals surface area contributed by atoms with Crippen LogP contribution in [0.4, 0.5) is 4.39 Å². The van der Waals surface area contributed by atoms with Crippen molar-refractivity contribution in [2.45, 2.75) is 26.0 Å². The van der Waals surface area contributed by atoms with Crippen LogP contribution < -0.4 is 5.73 Å². The van der Waals surface area contributed by atoms with Gasteiger partial charge in [-0.1, -0.05) is 12.1 Å². The average molecular weight is 241 g/mol. The number of hydrogen-bond acceptors (Lipinski definition) is 3. The summed E-state index contributed by atoms with van der Waals surface area (Å²) >= 11 is 0. The van der Waals surface area contributed by atoms with Gasteiger partial charge in [-0.25, -0.2) is 4.39 Å². The van der Waals surface area contributed by atoms with E-state index in [1.54, 1.807) is 6.07 Å². The van der Waals surface area contributed by atoms with E-state index in [-0.39, 0.29) is 18.0 Å². The van der Waals surface area contributed by atoms with Crippen molar-refractivity contribution in [3.8, 4) is 0 Å². The van der Waals surface area contributed by atoms with Crippen molar-refractivity contribution in [2.24, 2.45) is 5.73 Å². The van der Waals surface area contributed by atoms with E-state index < -0.39 is 0 Å². The molecule has 0 fully saturated rings. The van der Waals surface area contributed by atoms with E-state index in [9.17, 15) is 4.39 Å². The molecule has 17 heavy (non-hydrogen) atoms. The fourth-order valence-electron chi connectivity index (χ4n) is 1.61. The lowest BCUT2D eigenvalue weighted by Crippen LogP contribution is -2.28. The number of nitrogens with two attached hydrogens (primary N) is 1. The normalized spacial score (nSPS) is 14.6. The van der Waals surface area contributed by atoms with Crippen molar-refractivity contribution in [2.75, 3.05) is 19.8 Å². The smallest absolute Gasteiger partial charge is 0.123 e. The van der Waals surface area contributed by atoms with Gasteiger partial charge in [0.2, 0.25) is 0 Å². The van der Waals surface area contributed by atoms with E-state index in [1.165, 1.54) is 12.1 Å². The first-order chi connectivity index (χ1) is 8.15. The molecule has 0 aliphatic rings. The highest BCUT2D eigenvalue weighted by atomic mass is 19.1. The Morgan fingerprint density at radius 1 is 1.35 bits per heavy atom. The Labute approximate surface area is 102 Å². The first-order valence-corrected chi connectivity index (χ1v) is 5.85. The summed E-state index contributed by atoms with van der Waals surface area (Å²) in [4.78, 5) is 0. The van der Waals surface area contributed by atoms with Gasteiger partial charge in [-0.05, 0) is 31.5 Å². The second-order valence-electron chi connectivity index (χ2n) is 3.90. The first kappa shape index (κ1) is 14.1. The van der Waals surface area contributed by atoms with Gasteiger partial charge in [0.15, 0.2) is 0 Å². The Bertz CT molecular complexity index is 331. The lowest BCUT2D eigenvalue weighted by atomic mass is 10.0. The van der Waals surface area contributed by atoms with Crippen LogP contribution in [0.5, 0.6) is 0 Å². The Kier molecular flexibility index (Phi) is 6.11. The maximum Gasteiger partial charge on any atom is 0.123 e. The molecule has 2 atom stereocenters. The van der Waals surface area contributed by atoms with Crippen molar-refractivity contribution in [3.05, 3.63) is 35.6 Å². The number of halogens is 1. The second-order valence-corrected chi connectivity index (χ2v) is 3.90. The molecule has 0 aromatic heterocycles. The molecule has 1 aromatic rings. The molecule has 0 heterocycles. The quantitative estimate of drug-likeness (QED) is 0.745. The number of ether oxygens (including phenoxy) is 2. The second kappa shape index (κ2) is 7.37. The standard InChI is InChI=1S/C13H20FNO2/c1-3-16-7-8-17-13(10(2)15)11-5-4-6-12(14)9-11/h4-6,9-10,13H,3,7-8,15H2,1-2H3. The van der Waals surface area contributed by atoms with Gasteiger partial charge in [0.05, 0.1) is 19.3 Å². The Morgan fingerprint density at radius 3 is 2.71 bits per heavy atom. The zero-order valence-electron chi connectivity index (χ0n) is 10.4. The maximum absolute atomic E-state index is 13.1.